The highest BCUT2D eigenvalue weighted by molar-refractivity contribution is 6.33. The Balaban J connectivity index is 1.21. The maximum absolute atomic E-state index is 13.7. The summed E-state index contributed by atoms with van der Waals surface area (Å²) in [6.07, 6.45) is 10.4. The van der Waals surface area contributed by atoms with E-state index in [2.05, 4.69) is 30.6 Å². The standard InChI is InChI=1S/C29H29ClFN9O3/c1-38-17-20(14-35-38)19-11-21-22(15-33-26(21)32-13-19)28-36-37-29(43-28)40(10-7-31)24-6-5-18(12-23(24)30)27(42)34-16-25(41)39-8-3-2-4-9-39/h5-6,11-15,17H,2-4,7-10,16H2,1H3,(H2,32,33,34,36,42)/p+1. The van der Waals surface area contributed by atoms with E-state index >= 15 is 0 Å². The second-order valence-corrected chi connectivity index (χ2v) is 10.7. The predicted octanol–water partition coefficient (Wildman–Crippen LogP) is 3.94. The second-order valence-electron chi connectivity index (χ2n) is 10.3. The monoisotopic (exact) mass is 606 g/mol. The largest absolute Gasteiger partial charge is 0.403 e. The third kappa shape index (κ3) is 5.93. The van der Waals surface area contributed by atoms with Crippen molar-refractivity contribution in [2.75, 3.05) is 37.8 Å². The number of hydrogen-bond acceptors (Lipinski definition) is 7. The number of H-pyrrole nitrogens is 2. The lowest BCUT2D eigenvalue weighted by molar-refractivity contribution is -0.726. The minimum absolute atomic E-state index is 0.0370. The number of halogens is 2. The SMILES string of the molecule is C[n+]1cc(-c2cnc3[nH]cc(-c4nnc(N(CCF)c5ccc(C(=O)NCC(=O)N6CCCCC6)cc5Cl)o4)c3c2)c[nH]1. The van der Waals surface area contributed by atoms with Gasteiger partial charge in [0.05, 0.1) is 41.1 Å². The molecule has 0 atom stereocenters. The first-order valence-corrected chi connectivity index (χ1v) is 14.3. The molecule has 1 aliphatic heterocycles. The summed E-state index contributed by atoms with van der Waals surface area (Å²) >= 11 is 6.57. The summed E-state index contributed by atoms with van der Waals surface area (Å²) in [5.41, 5.74) is 3.80. The number of aryl methyl sites for hydroxylation is 1. The molecule has 12 nitrogen and oxygen atoms in total. The van der Waals surface area contributed by atoms with E-state index in [1.54, 1.807) is 29.4 Å². The molecule has 5 aromatic rings. The van der Waals surface area contributed by atoms with Crippen LogP contribution in [0.2, 0.25) is 5.02 Å². The van der Waals surface area contributed by atoms with E-state index in [0.29, 0.717) is 30.0 Å². The van der Waals surface area contributed by atoms with E-state index in [1.807, 2.05) is 30.2 Å². The van der Waals surface area contributed by atoms with E-state index in [1.165, 1.54) is 11.0 Å². The number of aromatic nitrogens is 6. The number of nitrogens with one attached hydrogen (secondary N) is 3. The summed E-state index contributed by atoms with van der Waals surface area (Å²) < 4.78 is 21.5. The van der Waals surface area contributed by atoms with Gasteiger partial charge in [0.1, 0.15) is 12.3 Å². The highest BCUT2D eigenvalue weighted by atomic mass is 35.5. The number of anilines is 2. The maximum Gasteiger partial charge on any atom is 0.323 e. The van der Waals surface area contributed by atoms with Crippen molar-refractivity contribution >= 4 is 46.2 Å². The smallest absolute Gasteiger partial charge is 0.323 e. The summed E-state index contributed by atoms with van der Waals surface area (Å²) in [6.45, 7) is 0.500. The van der Waals surface area contributed by atoms with Crippen molar-refractivity contribution in [1.29, 1.82) is 0 Å². The highest BCUT2D eigenvalue weighted by Gasteiger charge is 2.23. The number of hydrogen-bond donors (Lipinski definition) is 3. The number of amides is 2. The van der Waals surface area contributed by atoms with Gasteiger partial charge in [-0.15, -0.1) is 9.78 Å². The molecule has 1 aliphatic rings. The van der Waals surface area contributed by atoms with Crippen LogP contribution in [0.3, 0.4) is 0 Å². The molecule has 5 heterocycles. The van der Waals surface area contributed by atoms with Crippen LogP contribution in [-0.2, 0) is 11.8 Å². The Hall–Kier alpha value is -4.78. The Morgan fingerprint density at radius 2 is 2.00 bits per heavy atom. The molecule has 14 heteroatoms. The average molecular weight is 607 g/mol. The fourth-order valence-electron chi connectivity index (χ4n) is 5.17. The van der Waals surface area contributed by atoms with Crippen molar-refractivity contribution in [3.63, 3.8) is 0 Å². The minimum atomic E-state index is -0.719. The zero-order chi connectivity index (χ0) is 29.9. The van der Waals surface area contributed by atoms with E-state index in [9.17, 15) is 14.0 Å². The first kappa shape index (κ1) is 28.3. The molecule has 0 bridgehead atoms. The zero-order valence-electron chi connectivity index (χ0n) is 23.4. The molecule has 0 spiro atoms. The normalized spacial score (nSPS) is 13.4. The maximum atomic E-state index is 13.7. The molecule has 0 unspecified atom stereocenters. The fourth-order valence-corrected chi connectivity index (χ4v) is 5.45. The third-order valence-corrected chi connectivity index (χ3v) is 7.72. The number of pyridine rings is 1. The van der Waals surface area contributed by atoms with Crippen LogP contribution in [0, 0.1) is 0 Å². The number of piperidine rings is 1. The van der Waals surface area contributed by atoms with Crippen molar-refractivity contribution in [1.82, 2.24) is 35.5 Å². The number of fused-ring (bicyclic) bond motifs is 1. The average Bonchev–Trinajstić information content (AvgIpc) is 3.78. The van der Waals surface area contributed by atoms with E-state index in [0.717, 1.165) is 35.8 Å². The van der Waals surface area contributed by atoms with Crippen LogP contribution in [0.25, 0.3) is 33.6 Å². The van der Waals surface area contributed by atoms with Gasteiger partial charge >= 0.3 is 6.01 Å². The first-order valence-electron chi connectivity index (χ1n) is 14.0. The summed E-state index contributed by atoms with van der Waals surface area (Å²) in [5.74, 6) is -0.330. The molecule has 4 aromatic heterocycles. The summed E-state index contributed by atoms with van der Waals surface area (Å²) in [4.78, 5) is 36.0. The highest BCUT2D eigenvalue weighted by Crippen LogP contribution is 2.35. The van der Waals surface area contributed by atoms with Gasteiger partial charge in [0.15, 0.2) is 7.05 Å². The van der Waals surface area contributed by atoms with Crippen LogP contribution < -0.4 is 14.9 Å². The van der Waals surface area contributed by atoms with Crippen molar-refractivity contribution in [2.24, 2.45) is 7.05 Å². The van der Waals surface area contributed by atoms with Gasteiger partial charge in [-0.25, -0.2) is 9.37 Å². The molecule has 6 rings (SSSR count). The molecule has 1 saturated heterocycles. The van der Waals surface area contributed by atoms with Crippen LogP contribution in [0.5, 0.6) is 0 Å². The van der Waals surface area contributed by atoms with Crippen LogP contribution in [0.4, 0.5) is 16.1 Å². The second kappa shape index (κ2) is 12.2. The molecule has 0 saturated carbocycles. The van der Waals surface area contributed by atoms with Crippen LogP contribution in [0.15, 0.2) is 53.5 Å². The number of carbonyl (C=O) groups excluding carboxylic acids is 2. The molecular formula is C29H30ClFN9O3+. The van der Waals surface area contributed by atoms with Gasteiger partial charge in [-0.2, -0.15) is 5.10 Å². The molecule has 1 aromatic carbocycles. The predicted molar refractivity (Wildman–Crippen MR) is 158 cm³/mol. The number of rotatable bonds is 9. The number of likely N-dealkylation sites (tertiary alicyclic amines) is 1. The quantitative estimate of drug-likeness (QED) is 0.216. The molecule has 0 aliphatic carbocycles. The number of alkyl halides is 1. The number of aromatic amines is 2. The first-order chi connectivity index (χ1) is 20.9. The lowest BCUT2D eigenvalue weighted by Crippen LogP contribution is -2.42. The Morgan fingerprint density at radius 1 is 1.16 bits per heavy atom. The minimum Gasteiger partial charge on any atom is -0.403 e. The Labute approximate surface area is 250 Å². The molecule has 1 fully saturated rings. The van der Waals surface area contributed by atoms with Gasteiger partial charge < -0.3 is 19.6 Å². The van der Waals surface area contributed by atoms with E-state index in [-0.39, 0.29) is 41.5 Å². The van der Waals surface area contributed by atoms with E-state index in [4.69, 9.17) is 16.0 Å². The summed E-state index contributed by atoms with van der Waals surface area (Å²) in [7, 11) is 1.90. The van der Waals surface area contributed by atoms with Gasteiger partial charge in [0.2, 0.25) is 12.1 Å². The Kier molecular flexibility index (Phi) is 8.05. The van der Waals surface area contributed by atoms with Gasteiger partial charge in [-0.05, 0) is 43.5 Å². The summed E-state index contributed by atoms with van der Waals surface area (Å²) in [5, 5.41) is 15.1. The van der Waals surface area contributed by atoms with Gasteiger partial charge in [0, 0.05) is 42.0 Å². The molecule has 222 valence electrons. The topological polar surface area (TPSA) is 140 Å². The van der Waals surface area contributed by atoms with Crippen molar-refractivity contribution in [3.8, 4) is 22.6 Å². The van der Waals surface area contributed by atoms with Crippen LogP contribution in [-0.4, -0.2) is 74.8 Å². The lowest BCUT2D eigenvalue weighted by Gasteiger charge is -2.26. The Bertz CT molecular complexity index is 1780. The van der Waals surface area contributed by atoms with Gasteiger partial charge in [-0.3, -0.25) is 14.5 Å². The molecule has 0 radical (unpaired) electrons. The van der Waals surface area contributed by atoms with Crippen LogP contribution >= 0.6 is 11.6 Å². The van der Waals surface area contributed by atoms with Crippen molar-refractivity contribution in [2.45, 2.75) is 19.3 Å². The molecule has 43 heavy (non-hydrogen) atoms. The molecule has 2 amide bonds. The van der Waals surface area contributed by atoms with E-state index < -0.39 is 12.6 Å². The lowest BCUT2D eigenvalue weighted by atomic mass is 10.1. The van der Waals surface area contributed by atoms with Crippen molar-refractivity contribution in [3.05, 3.63) is 59.6 Å². The summed E-state index contributed by atoms with van der Waals surface area (Å²) in [6, 6.07) is 6.62. The van der Waals surface area contributed by atoms with Crippen molar-refractivity contribution < 1.29 is 23.1 Å². The van der Waals surface area contributed by atoms with Crippen LogP contribution in [0.1, 0.15) is 29.6 Å². The molecular weight excluding hydrogens is 577 g/mol. The van der Waals surface area contributed by atoms with Gasteiger partial charge in [0.25, 0.3) is 11.8 Å². The number of benzene rings is 1. The third-order valence-electron chi connectivity index (χ3n) is 7.41. The molecule has 3 N–H and O–H groups in total. The zero-order valence-corrected chi connectivity index (χ0v) is 24.2. The van der Waals surface area contributed by atoms with Gasteiger partial charge in [-0.1, -0.05) is 16.7 Å². The number of carbonyl (C=O) groups is 2. The number of nitrogens with zero attached hydrogens (tertiary/aromatic N) is 6. The Morgan fingerprint density at radius 3 is 2.74 bits per heavy atom. The fraction of sp³-hybridized carbons (Fsp3) is 0.310.